The molecule has 0 spiro atoms. The highest BCUT2D eigenvalue weighted by Gasteiger charge is 2.25. The maximum absolute atomic E-state index is 2.49. The average Bonchev–Trinajstić information content (AvgIpc) is 3.52. The molecule has 0 saturated carbocycles. The summed E-state index contributed by atoms with van der Waals surface area (Å²) in [5.41, 5.74) is 13.6. The van der Waals surface area contributed by atoms with Crippen LogP contribution in [0.5, 0.6) is 0 Å². The lowest BCUT2D eigenvalue weighted by Gasteiger charge is -2.27. The highest BCUT2D eigenvalue weighted by Crippen LogP contribution is 2.48. The van der Waals surface area contributed by atoms with E-state index in [0.29, 0.717) is 5.92 Å². The summed E-state index contributed by atoms with van der Waals surface area (Å²) in [6, 6.07) is 45.7. The van der Waals surface area contributed by atoms with Crippen LogP contribution in [0.15, 0.2) is 133 Å². The molecule has 0 amide bonds. The van der Waals surface area contributed by atoms with Crippen molar-refractivity contribution in [2.45, 2.75) is 26.2 Å². The summed E-state index contributed by atoms with van der Waals surface area (Å²) < 4.78 is 2.69. The van der Waals surface area contributed by atoms with E-state index in [-0.39, 0.29) is 0 Å². The first kappa shape index (κ1) is 27.8. The van der Waals surface area contributed by atoms with E-state index in [1.165, 1.54) is 97.4 Å². The topological polar surface area (TPSA) is 0 Å². The fraction of sp³-hybridized carbons (Fsp3) is 0.106. The van der Waals surface area contributed by atoms with Crippen LogP contribution in [0.25, 0.3) is 87.2 Å². The van der Waals surface area contributed by atoms with E-state index < -0.39 is 0 Å². The lowest BCUT2D eigenvalue weighted by molar-refractivity contribution is 0.719. The summed E-state index contributed by atoms with van der Waals surface area (Å²) in [5.74, 6) is 0.480. The zero-order chi connectivity index (χ0) is 31.8. The molecule has 2 aliphatic rings. The normalized spacial score (nSPS) is 15.4. The number of benzene rings is 7. The van der Waals surface area contributed by atoms with Crippen LogP contribution in [0.1, 0.15) is 35.6 Å². The van der Waals surface area contributed by atoms with Crippen molar-refractivity contribution in [1.29, 1.82) is 0 Å². The molecule has 8 aromatic rings. The number of rotatable bonds is 3. The van der Waals surface area contributed by atoms with Crippen molar-refractivity contribution in [2.24, 2.45) is 5.92 Å². The third kappa shape index (κ3) is 4.28. The first-order valence-corrected chi connectivity index (χ1v) is 18.0. The quantitative estimate of drug-likeness (QED) is 0.182. The van der Waals surface area contributed by atoms with E-state index in [2.05, 4.69) is 153 Å². The second kappa shape index (κ2) is 10.9. The van der Waals surface area contributed by atoms with Crippen LogP contribution in [-0.4, -0.2) is 0 Å². The Kier molecular flexibility index (Phi) is 6.32. The molecule has 0 aliphatic heterocycles. The Hall–Kier alpha value is -5.24. The summed E-state index contributed by atoms with van der Waals surface area (Å²) in [4.78, 5) is 0. The minimum absolute atomic E-state index is 0.480. The average molecular weight is 631 g/mol. The standard InChI is InChI=1S/C47H34S/c1-29-21-23-41-42(25-29)47(43-27-32-11-2-3-14-34(32)35-15-4-5-16-36(35)43)40-19-7-6-18-39(40)46(41)33-13-10-12-30(26-33)31-22-24-38-37-17-8-9-20-44(37)48-45(38)28-31/h2,4-13,15-24,26-29H,3,14,25H2,1H3. The highest BCUT2D eigenvalue weighted by atomic mass is 32.1. The summed E-state index contributed by atoms with van der Waals surface area (Å²) >= 11 is 1.89. The zero-order valence-electron chi connectivity index (χ0n) is 27.0. The summed E-state index contributed by atoms with van der Waals surface area (Å²) in [6.45, 7) is 2.36. The monoisotopic (exact) mass is 630 g/mol. The Morgan fingerprint density at radius 2 is 1.25 bits per heavy atom. The van der Waals surface area contributed by atoms with Crippen molar-refractivity contribution in [3.8, 4) is 33.4 Å². The van der Waals surface area contributed by atoms with Crippen molar-refractivity contribution < 1.29 is 0 Å². The SMILES string of the molecule is CC1C=Cc2c(c(-c3cc4c(c5ccccc35)CCC=C4)c3ccccc3c2-c2cccc(-c3ccc4c(c3)sc3ccccc34)c2)C1. The van der Waals surface area contributed by atoms with Gasteiger partial charge in [0, 0.05) is 20.2 Å². The van der Waals surface area contributed by atoms with Gasteiger partial charge in [0.1, 0.15) is 0 Å². The Labute approximate surface area is 285 Å². The fourth-order valence-corrected chi connectivity index (χ4v) is 9.61. The minimum Gasteiger partial charge on any atom is -0.135 e. The minimum atomic E-state index is 0.480. The maximum Gasteiger partial charge on any atom is 0.0361 e. The highest BCUT2D eigenvalue weighted by molar-refractivity contribution is 7.25. The second-order valence-corrected chi connectivity index (χ2v) is 14.7. The lowest BCUT2D eigenvalue weighted by Crippen LogP contribution is -2.08. The molecule has 10 rings (SSSR count). The molecule has 228 valence electrons. The third-order valence-corrected chi connectivity index (χ3v) is 11.8. The molecule has 0 bridgehead atoms. The van der Waals surface area contributed by atoms with Crippen molar-refractivity contribution in [3.63, 3.8) is 0 Å². The predicted molar refractivity (Wildman–Crippen MR) is 210 cm³/mol. The number of hydrogen-bond acceptors (Lipinski definition) is 1. The van der Waals surface area contributed by atoms with E-state index in [0.717, 1.165) is 19.3 Å². The number of aryl methyl sites for hydroxylation is 1. The van der Waals surface area contributed by atoms with Crippen LogP contribution >= 0.6 is 11.3 Å². The van der Waals surface area contributed by atoms with Gasteiger partial charge >= 0.3 is 0 Å². The molecule has 7 aromatic carbocycles. The third-order valence-electron chi connectivity index (χ3n) is 10.7. The van der Waals surface area contributed by atoms with Gasteiger partial charge in [0.25, 0.3) is 0 Å². The van der Waals surface area contributed by atoms with Crippen molar-refractivity contribution in [3.05, 3.63) is 156 Å². The molecule has 48 heavy (non-hydrogen) atoms. The molecule has 0 N–H and O–H groups in total. The predicted octanol–water partition coefficient (Wildman–Crippen LogP) is 13.5. The van der Waals surface area contributed by atoms with Gasteiger partial charge in [0.05, 0.1) is 0 Å². The van der Waals surface area contributed by atoms with Gasteiger partial charge in [-0.25, -0.2) is 0 Å². The Bertz CT molecular complexity index is 2660. The van der Waals surface area contributed by atoms with Crippen LogP contribution in [0.4, 0.5) is 0 Å². The number of hydrogen-bond donors (Lipinski definition) is 0. The Morgan fingerprint density at radius 3 is 2.12 bits per heavy atom. The molecule has 0 fully saturated rings. The molecule has 1 aromatic heterocycles. The van der Waals surface area contributed by atoms with Gasteiger partial charge in [0.2, 0.25) is 0 Å². The molecule has 0 radical (unpaired) electrons. The molecule has 0 saturated heterocycles. The van der Waals surface area contributed by atoms with E-state index >= 15 is 0 Å². The van der Waals surface area contributed by atoms with Crippen LogP contribution in [0.2, 0.25) is 0 Å². The van der Waals surface area contributed by atoms with Crippen LogP contribution < -0.4 is 0 Å². The van der Waals surface area contributed by atoms with Crippen LogP contribution in [0.3, 0.4) is 0 Å². The number of allylic oxidation sites excluding steroid dienone is 2. The smallest absolute Gasteiger partial charge is 0.0361 e. The molecular weight excluding hydrogens is 597 g/mol. The largest absolute Gasteiger partial charge is 0.135 e. The molecule has 1 heteroatoms. The molecular formula is C47H34S. The van der Waals surface area contributed by atoms with Crippen LogP contribution in [-0.2, 0) is 12.8 Å². The molecule has 1 atom stereocenters. The number of thiophene rings is 1. The van der Waals surface area contributed by atoms with Gasteiger partial charge in [-0.2, -0.15) is 0 Å². The van der Waals surface area contributed by atoms with E-state index in [1.54, 1.807) is 0 Å². The maximum atomic E-state index is 2.49. The summed E-state index contributed by atoms with van der Waals surface area (Å²) in [6.07, 6.45) is 12.8. The van der Waals surface area contributed by atoms with Gasteiger partial charge in [-0.05, 0) is 127 Å². The molecule has 1 unspecified atom stereocenters. The van der Waals surface area contributed by atoms with Gasteiger partial charge in [0.15, 0.2) is 0 Å². The molecule has 1 heterocycles. The summed E-state index contributed by atoms with van der Waals surface area (Å²) in [5, 5.41) is 8.12. The first-order valence-electron chi connectivity index (χ1n) is 17.2. The fourth-order valence-electron chi connectivity index (χ4n) is 8.47. The number of fused-ring (bicyclic) bond motifs is 8. The Morgan fingerprint density at radius 1 is 0.542 bits per heavy atom. The van der Waals surface area contributed by atoms with Gasteiger partial charge in [-0.1, -0.05) is 128 Å². The van der Waals surface area contributed by atoms with Crippen molar-refractivity contribution in [2.75, 3.05) is 0 Å². The van der Waals surface area contributed by atoms with Gasteiger partial charge < -0.3 is 0 Å². The van der Waals surface area contributed by atoms with Crippen LogP contribution in [0, 0.1) is 5.92 Å². The summed E-state index contributed by atoms with van der Waals surface area (Å²) in [7, 11) is 0. The van der Waals surface area contributed by atoms with E-state index in [9.17, 15) is 0 Å². The lowest BCUT2D eigenvalue weighted by atomic mass is 9.76. The van der Waals surface area contributed by atoms with E-state index in [1.807, 2.05) is 11.3 Å². The van der Waals surface area contributed by atoms with Gasteiger partial charge in [-0.15, -0.1) is 11.3 Å². The van der Waals surface area contributed by atoms with Gasteiger partial charge in [-0.3, -0.25) is 0 Å². The zero-order valence-corrected chi connectivity index (χ0v) is 27.8. The van der Waals surface area contributed by atoms with E-state index in [4.69, 9.17) is 0 Å². The second-order valence-electron chi connectivity index (χ2n) is 13.6. The molecule has 2 aliphatic carbocycles. The first-order chi connectivity index (χ1) is 23.7. The van der Waals surface area contributed by atoms with Crippen molar-refractivity contribution >= 4 is 65.2 Å². The molecule has 0 nitrogen and oxygen atoms in total. The Balaban J connectivity index is 1.22. The van der Waals surface area contributed by atoms with Crippen molar-refractivity contribution in [1.82, 2.24) is 0 Å².